The van der Waals surface area contributed by atoms with Crippen molar-refractivity contribution in [3.63, 3.8) is 0 Å². The van der Waals surface area contributed by atoms with E-state index in [1.165, 1.54) is 13.8 Å². The molecule has 0 aromatic carbocycles. The van der Waals surface area contributed by atoms with E-state index in [0.717, 1.165) is 11.8 Å². The summed E-state index contributed by atoms with van der Waals surface area (Å²) in [4.78, 5) is 34.8. The van der Waals surface area contributed by atoms with Crippen LogP contribution >= 0.6 is 24.0 Å². The van der Waals surface area contributed by atoms with Crippen LogP contribution in [0.25, 0.3) is 0 Å². The molecule has 0 aliphatic rings. The number of esters is 1. The number of thioether (sulfide) groups is 1. The minimum atomic E-state index is -1.07. The first-order chi connectivity index (χ1) is 11.2. The average molecular weight is 434 g/mol. The van der Waals surface area contributed by atoms with E-state index < -0.39 is 23.5 Å². The van der Waals surface area contributed by atoms with Gasteiger partial charge in [-0.3, -0.25) is 14.8 Å². The van der Waals surface area contributed by atoms with Gasteiger partial charge in [0.15, 0.2) is 11.2 Å². The molecule has 1 amide bonds. The van der Waals surface area contributed by atoms with Crippen molar-refractivity contribution in [1.82, 2.24) is 5.06 Å². The molecule has 1 atom stereocenters. The fraction of sp³-hybridized carbons (Fsp3) is 0.750. The van der Waals surface area contributed by atoms with Gasteiger partial charge in [0, 0.05) is 6.92 Å². The van der Waals surface area contributed by atoms with Crippen LogP contribution in [0.3, 0.4) is 0 Å². The van der Waals surface area contributed by atoms with Gasteiger partial charge >= 0.3 is 57.4 Å². The van der Waals surface area contributed by atoms with Crippen LogP contribution in [0.1, 0.15) is 54.9 Å². The largest absolute Gasteiger partial charge is 1.00 e. The fourth-order valence-corrected chi connectivity index (χ4v) is 1.97. The van der Waals surface area contributed by atoms with Gasteiger partial charge in [-0.05, 0) is 40.0 Å². The number of hydrogen-bond donors (Lipinski definition) is 1. The summed E-state index contributed by atoms with van der Waals surface area (Å²) in [6.45, 7) is 11.6. The smallest absolute Gasteiger partial charge is 0.868 e. The molecule has 7 nitrogen and oxygen atoms in total. The number of rotatable bonds is 6. The zero-order valence-electron chi connectivity index (χ0n) is 16.8. The molecule has 0 saturated heterocycles. The molecule has 0 aromatic heterocycles. The van der Waals surface area contributed by atoms with Crippen LogP contribution in [0.2, 0.25) is 0 Å². The standard InChI is InChI=1S/C14H25NO5S.C2H4OS.K/c1-9(2)7-11(13(18)20-14(4,5)6)15(19)12(17)8-21-10(3)16;1-2(3)4;/h9,11,19H,7-8H2,1-6H3;1H3,(H,3,4);/q;;+1/p-1/t11-;;/m0../s1. The van der Waals surface area contributed by atoms with E-state index >= 15 is 0 Å². The molecular weight excluding hydrogens is 405 g/mol. The van der Waals surface area contributed by atoms with Crippen molar-refractivity contribution in [3.05, 3.63) is 0 Å². The number of thiocarbonyl (C=S) groups is 1. The van der Waals surface area contributed by atoms with E-state index in [2.05, 4.69) is 12.2 Å². The maximum absolute atomic E-state index is 12.1. The number of carbonyl (C=O) groups excluding carboxylic acids is 3. The van der Waals surface area contributed by atoms with Gasteiger partial charge in [0.2, 0.25) is 0 Å². The van der Waals surface area contributed by atoms with Crippen LogP contribution in [0.4, 0.5) is 0 Å². The third-order valence-electron chi connectivity index (χ3n) is 2.32. The molecule has 0 aliphatic carbocycles. The molecule has 0 aliphatic heterocycles. The Morgan fingerprint density at radius 3 is 1.96 bits per heavy atom. The van der Waals surface area contributed by atoms with E-state index in [4.69, 9.17) is 4.74 Å². The summed E-state index contributed by atoms with van der Waals surface area (Å²) in [7, 11) is 0. The molecule has 0 unspecified atom stereocenters. The molecule has 0 rings (SSSR count). The van der Waals surface area contributed by atoms with Gasteiger partial charge in [-0.25, -0.2) is 9.86 Å². The first kappa shape index (κ1) is 31.2. The molecule has 0 heterocycles. The third kappa shape index (κ3) is 19.2. The van der Waals surface area contributed by atoms with E-state index in [-0.39, 0.29) is 79.6 Å². The van der Waals surface area contributed by atoms with Crippen molar-refractivity contribution >= 4 is 46.0 Å². The number of nitrogens with zero attached hydrogens (tertiary/aromatic N) is 1. The Morgan fingerprint density at radius 2 is 1.65 bits per heavy atom. The van der Waals surface area contributed by atoms with E-state index in [0.29, 0.717) is 5.06 Å². The predicted octanol–water partition coefficient (Wildman–Crippen LogP) is -1.06. The minimum absolute atomic E-state index is 0. The predicted molar refractivity (Wildman–Crippen MR) is 99.1 cm³/mol. The second-order valence-corrected chi connectivity index (χ2v) is 8.42. The summed E-state index contributed by atoms with van der Waals surface area (Å²) < 4.78 is 5.23. The zero-order valence-corrected chi connectivity index (χ0v) is 21.6. The zero-order chi connectivity index (χ0) is 20.4. The SMILES string of the molecule is CC(=O)SCC(=O)N(O)[C@@H](CC(C)C)C(=O)OC(C)(C)C.CC([O-])=S.[K+]. The van der Waals surface area contributed by atoms with Gasteiger partial charge in [-0.15, -0.1) is 12.2 Å². The molecular formula is C16H28KNO6S2. The van der Waals surface area contributed by atoms with Crippen molar-refractivity contribution in [2.24, 2.45) is 5.92 Å². The van der Waals surface area contributed by atoms with Crippen LogP contribution in [-0.4, -0.2) is 49.7 Å². The van der Waals surface area contributed by atoms with Crippen LogP contribution in [-0.2, 0) is 19.1 Å². The number of ether oxygens (including phenoxy) is 1. The maximum Gasteiger partial charge on any atom is 1.00 e. The van der Waals surface area contributed by atoms with Gasteiger partial charge in [0.1, 0.15) is 5.60 Å². The van der Waals surface area contributed by atoms with E-state index in [1.807, 2.05) is 13.8 Å². The molecule has 0 aromatic rings. The van der Waals surface area contributed by atoms with Crippen molar-refractivity contribution in [1.29, 1.82) is 0 Å². The Bertz CT molecular complexity index is 476. The summed E-state index contributed by atoms with van der Waals surface area (Å²) >= 11 is 4.77. The van der Waals surface area contributed by atoms with Crippen molar-refractivity contribution in [2.75, 3.05) is 5.75 Å². The Kier molecular flexibility index (Phi) is 18.4. The third-order valence-corrected chi connectivity index (χ3v) is 3.12. The quantitative estimate of drug-likeness (QED) is 0.186. The van der Waals surface area contributed by atoms with Crippen molar-refractivity contribution in [3.8, 4) is 0 Å². The summed E-state index contributed by atoms with van der Waals surface area (Å²) in [6, 6.07) is -1.07. The van der Waals surface area contributed by atoms with Gasteiger partial charge < -0.3 is 9.84 Å². The molecule has 0 saturated carbocycles. The number of hydrogen-bond acceptors (Lipinski definition) is 8. The second-order valence-electron chi connectivity index (χ2n) is 6.69. The monoisotopic (exact) mass is 433 g/mol. The van der Waals surface area contributed by atoms with Crippen molar-refractivity contribution < 1.29 is 80.8 Å². The first-order valence-corrected chi connectivity index (χ1v) is 9.11. The second kappa shape index (κ2) is 15.4. The van der Waals surface area contributed by atoms with Gasteiger partial charge in [0.05, 0.1) is 5.75 Å². The first-order valence-electron chi connectivity index (χ1n) is 7.72. The molecule has 10 heteroatoms. The molecule has 1 N–H and O–H groups in total. The number of hydroxylamine groups is 2. The molecule has 146 valence electrons. The molecule has 0 spiro atoms. The summed E-state index contributed by atoms with van der Waals surface area (Å²) in [5.41, 5.74) is -0.704. The van der Waals surface area contributed by atoms with E-state index in [9.17, 15) is 24.7 Å². The van der Waals surface area contributed by atoms with Crippen LogP contribution in [0, 0.1) is 5.92 Å². The van der Waals surface area contributed by atoms with Crippen LogP contribution in [0.5, 0.6) is 0 Å². The Hall–Kier alpha value is 0.446. The molecule has 0 bridgehead atoms. The maximum atomic E-state index is 12.1. The molecule has 0 radical (unpaired) electrons. The number of carbonyl (C=O) groups is 3. The van der Waals surface area contributed by atoms with E-state index in [1.54, 1.807) is 20.8 Å². The molecule has 0 fully saturated rings. The fourth-order valence-electron chi connectivity index (χ4n) is 1.52. The topological polar surface area (TPSA) is 107 Å². The molecule has 26 heavy (non-hydrogen) atoms. The summed E-state index contributed by atoms with van der Waals surface area (Å²) in [5.74, 6) is -1.46. The Labute approximate surface area is 208 Å². The summed E-state index contributed by atoms with van der Waals surface area (Å²) in [5, 5.41) is 19.1. The summed E-state index contributed by atoms with van der Waals surface area (Å²) in [6.07, 6.45) is 0.280. The van der Waals surface area contributed by atoms with Crippen LogP contribution in [0.15, 0.2) is 0 Å². The van der Waals surface area contributed by atoms with Gasteiger partial charge in [-0.2, -0.15) is 0 Å². The average Bonchev–Trinajstić information content (AvgIpc) is 2.38. The van der Waals surface area contributed by atoms with Crippen LogP contribution < -0.4 is 56.5 Å². The normalized spacial score (nSPS) is 11.4. The Morgan fingerprint density at radius 1 is 1.23 bits per heavy atom. The Balaban J connectivity index is -0.000000951. The van der Waals surface area contributed by atoms with Crippen molar-refractivity contribution in [2.45, 2.75) is 66.5 Å². The minimum Gasteiger partial charge on any atom is -0.868 e. The van der Waals surface area contributed by atoms with Gasteiger partial charge in [-0.1, -0.05) is 30.7 Å². The number of amides is 1. The van der Waals surface area contributed by atoms with Gasteiger partial charge in [0.25, 0.3) is 5.91 Å².